The first kappa shape index (κ1) is 13.4. The maximum atomic E-state index is 2.12. The van der Waals surface area contributed by atoms with Crippen molar-refractivity contribution in [2.75, 3.05) is 0 Å². The molecule has 0 aliphatic carbocycles. The van der Waals surface area contributed by atoms with Crippen molar-refractivity contribution in [1.29, 1.82) is 0 Å². The number of benzene rings is 1. The zero-order valence-corrected chi connectivity index (χ0v) is 9.15. The van der Waals surface area contributed by atoms with E-state index in [9.17, 15) is 0 Å². The van der Waals surface area contributed by atoms with Crippen LogP contribution in [0.15, 0.2) is 24.3 Å². The van der Waals surface area contributed by atoms with Crippen LogP contribution in [0.25, 0.3) is 0 Å². The number of aryl methyl sites for hydroxylation is 2. The third kappa shape index (κ3) is 6.21. The smallest absolute Gasteiger partial charge is 0 e. The summed E-state index contributed by atoms with van der Waals surface area (Å²) in [5.41, 5.74) is 2.66. The van der Waals surface area contributed by atoms with Crippen LogP contribution >= 0.6 is 0 Å². The summed E-state index contributed by atoms with van der Waals surface area (Å²) in [6, 6.07) is 8.48. The van der Waals surface area contributed by atoms with E-state index in [1.165, 1.54) is 11.1 Å². The second-order valence-electron chi connectivity index (χ2n) is 2.15. The van der Waals surface area contributed by atoms with E-state index in [1.807, 2.05) is 13.8 Å². The summed E-state index contributed by atoms with van der Waals surface area (Å²) in [4.78, 5) is 0. The molecule has 0 nitrogen and oxygen atoms in total. The van der Waals surface area contributed by atoms with Crippen LogP contribution in [0.5, 0.6) is 0 Å². The van der Waals surface area contributed by atoms with E-state index in [0.717, 1.165) is 0 Å². The van der Waals surface area contributed by atoms with E-state index in [4.69, 9.17) is 0 Å². The van der Waals surface area contributed by atoms with Gasteiger partial charge in [0.15, 0.2) is 0 Å². The molecule has 0 aromatic heterocycles. The third-order valence-electron chi connectivity index (χ3n) is 1.22. The van der Waals surface area contributed by atoms with Crippen LogP contribution in [0.1, 0.15) is 25.0 Å². The molecule has 11 heavy (non-hydrogen) atoms. The van der Waals surface area contributed by atoms with Crippen molar-refractivity contribution >= 4 is 0 Å². The van der Waals surface area contributed by atoms with Gasteiger partial charge < -0.3 is 0 Å². The molecule has 0 amide bonds. The summed E-state index contributed by atoms with van der Waals surface area (Å²) < 4.78 is 0. The molecule has 0 saturated carbocycles. The molecule has 1 aromatic rings. The Morgan fingerprint density at radius 3 is 1.09 bits per heavy atom. The van der Waals surface area contributed by atoms with Gasteiger partial charge in [-0.1, -0.05) is 49.2 Å². The SMILES string of the molecule is CC.Cc1ccc(C)cc1.[V]. The van der Waals surface area contributed by atoms with Gasteiger partial charge in [0, 0.05) is 18.6 Å². The van der Waals surface area contributed by atoms with E-state index >= 15 is 0 Å². The monoisotopic (exact) mass is 187 g/mol. The molecule has 0 bridgehead atoms. The Labute approximate surface area is 81.9 Å². The van der Waals surface area contributed by atoms with Crippen LogP contribution in [0, 0.1) is 13.8 Å². The van der Waals surface area contributed by atoms with E-state index in [2.05, 4.69) is 38.1 Å². The first-order chi connectivity index (χ1) is 4.79. The van der Waals surface area contributed by atoms with Crippen molar-refractivity contribution in [2.45, 2.75) is 27.7 Å². The normalized spacial score (nSPS) is 7.27. The molecule has 0 spiro atoms. The molecule has 0 unspecified atom stereocenters. The number of rotatable bonds is 0. The van der Waals surface area contributed by atoms with Crippen LogP contribution in [0.2, 0.25) is 0 Å². The fourth-order valence-corrected chi connectivity index (χ4v) is 0.637. The van der Waals surface area contributed by atoms with Gasteiger partial charge in [-0.3, -0.25) is 0 Å². The van der Waals surface area contributed by atoms with E-state index in [-0.39, 0.29) is 18.6 Å². The van der Waals surface area contributed by atoms with Gasteiger partial charge in [-0.2, -0.15) is 0 Å². The molecular formula is C10H16V. The largest absolute Gasteiger partial charge is 0.0683 e. The Balaban J connectivity index is 0. The Bertz CT molecular complexity index is 144. The molecule has 0 N–H and O–H groups in total. The molecule has 1 rings (SSSR count). The first-order valence-corrected chi connectivity index (χ1v) is 3.82. The van der Waals surface area contributed by atoms with Gasteiger partial charge in [-0.15, -0.1) is 0 Å². The summed E-state index contributed by atoms with van der Waals surface area (Å²) >= 11 is 0. The second kappa shape index (κ2) is 7.91. The molecule has 1 aromatic carbocycles. The minimum Gasteiger partial charge on any atom is -0.0683 e. The standard InChI is InChI=1S/C8H10.C2H6.V/c1-7-3-5-8(2)6-4-7;1-2;/h3-6H,1-2H3;1-2H3;. The molecule has 0 atom stereocenters. The average molecular weight is 187 g/mol. The molecule has 0 aliphatic heterocycles. The van der Waals surface area contributed by atoms with Crippen molar-refractivity contribution in [2.24, 2.45) is 0 Å². The quantitative estimate of drug-likeness (QED) is 0.584. The van der Waals surface area contributed by atoms with Crippen LogP contribution in [-0.4, -0.2) is 0 Å². The van der Waals surface area contributed by atoms with Crippen molar-refractivity contribution < 1.29 is 18.6 Å². The molecule has 0 saturated heterocycles. The first-order valence-electron chi connectivity index (χ1n) is 3.82. The van der Waals surface area contributed by atoms with Crippen molar-refractivity contribution in [3.63, 3.8) is 0 Å². The number of hydrogen-bond donors (Lipinski definition) is 0. The van der Waals surface area contributed by atoms with Gasteiger partial charge in [-0.05, 0) is 13.8 Å². The Morgan fingerprint density at radius 2 is 0.909 bits per heavy atom. The maximum Gasteiger partial charge on any atom is 0 e. The predicted octanol–water partition coefficient (Wildman–Crippen LogP) is 3.33. The third-order valence-corrected chi connectivity index (χ3v) is 1.22. The van der Waals surface area contributed by atoms with Crippen LogP contribution in [0.3, 0.4) is 0 Å². The molecule has 0 fully saturated rings. The summed E-state index contributed by atoms with van der Waals surface area (Å²) in [7, 11) is 0. The molecule has 1 radical (unpaired) electrons. The fourth-order valence-electron chi connectivity index (χ4n) is 0.637. The Kier molecular flexibility index (Phi) is 9.63. The van der Waals surface area contributed by atoms with E-state index in [1.54, 1.807) is 0 Å². The molecule has 0 aliphatic rings. The molecule has 61 valence electrons. The van der Waals surface area contributed by atoms with Gasteiger partial charge in [0.2, 0.25) is 0 Å². The van der Waals surface area contributed by atoms with Crippen LogP contribution < -0.4 is 0 Å². The minimum atomic E-state index is 0. The molecule has 1 heteroatoms. The van der Waals surface area contributed by atoms with Crippen LogP contribution in [-0.2, 0) is 18.6 Å². The molecule has 0 heterocycles. The van der Waals surface area contributed by atoms with E-state index < -0.39 is 0 Å². The Hall–Kier alpha value is -0.196. The van der Waals surface area contributed by atoms with Gasteiger partial charge in [0.1, 0.15) is 0 Å². The zero-order valence-electron chi connectivity index (χ0n) is 7.76. The second-order valence-corrected chi connectivity index (χ2v) is 2.15. The average Bonchev–Trinajstić information content (AvgIpc) is 2.00. The van der Waals surface area contributed by atoms with Crippen molar-refractivity contribution in [3.8, 4) is 0 Å². The van der Waals surface area contributed by atoms with E-state index in [0.29, 0.717) is 0 Å². The van der Waals surface area contributed by atoms with Gasteiger partial charge in [-0.25, -0.2) is 0 Å². The topological polar surface area (TPSA) is 0 Å². The zero-order chi connectivity index (χ0) is 7.98. The Morgan fingerprint density at radius 1 is 0.727 bits per heavy atom. The number of hydrogen-bond acceptors (Lipinski definition) is 0. The van der Waals surface area contributed by atoms with Crippen molar-refractivity contribution in [3.05, 3.63) is 35.4 Å². The van der Waals surface area contributed by atoms with Crippen molar-refractivity contribution in [1.82, 2.24) is 0 Å². The van der Waals surface area contributed by atoms with Gasteiger partial charge in [0.05, 0.1) is 0 Å². The summed E-state index contributed by atoms with van der Waals surface area (Å²) in [6.45, 7) is 8.19. The van der Waals surface area contributed by atoms with Gasteiger partial charge >= 0.3 is 0 Å². The van der Waals surface area contributed by atoms with Crippen LogP contribution in [0.4, 0.5) is 0 Å². The minimum absolute atomic E-state index is 0. The maximum absolute atomic E-state index is 2.12. The summed E-state index contributed by atoms with van der Waals surface area (Å²) in [6.07, 6.45) is 0. The summed E-state index contributed by atoms with van der Waals surface area (Å²) in [5.74, 6) is 0. The molecular weight excluding hydrogens is 171 g/mol. The summed E-state index contributed by atoms with van der Waals surface area (Å²) in [5, 5.41) is 0. The fraction of sp³-hybridized carbons (Fsp3) is 0.400. The van der Waals surface area contributed by atoms with Gasteiger partial charge in [0.25, 0.3) is 0 Å². The predicted molar refractivity (Wildman–Crippen MR) is 47.3 cm³/mol.